The Morgan fingerprint density at radius 3 is 2.44 bits per heavy atom. The van der Waals surface area contributed by atoms with Crippen LogP contribution in [0.15, 0.2) is 48.5 Å². The molecule has 0 atom stereocenters. The van der Waals surface area contributed by atoms with Gasteiger partial charge in [-0.3, -0.25) is 4.79 Å². The smallest absolute Gasteiger partial charge is 0.255 e. The van der Waals surface area contributed by atoms with Crippen LogP contribution in [0.4, 0.5) is 17.1 Å². The van der Waals surface area contributed by atoms with Gasteiger partial charge in [-0.25, -0.2) is 0 Å². The van der Waals surface area contributed by atoms with E-state index >= 15 is 0 Å². The maximum atomic E-state index is 12.4. The standard InChI is InChI=1S/C18H21N3O2.2ClH/c19-14-5-3-4-13(12-14)18(23)20-16-6-1-2-7-17(16)21-10-8-15(22)9-11-21;;/h1-7,12,15,22H,8-11,19H2,(H,20,23);2*1H. The van der Waals surface area contributed by atoms with Gasteiger partial charge in [0, 0.05) is 24.3 Å². The Kier molecular flexibility index (Phi) is 8.03. The van der Waals surface area contributed by atoms with Crippen LogP contribution in [-0.4, -0.2) is 30.2 Å². The third kappa shape index (κ3) is 5.26. The Morgan fingerprint density at radius 1 is 1.08 bits per heavy atom. The van der Waals surface area contributed by atoms with Crippen molar-refractivity contribution < 1.29 is 9.90 Å². The monoisotopic (exact) mass is 383 g/mol. The minimum Gasteiger partial charge on any atom is -0.399 e. The van der Waals surface area contributed by atoms with Gasteiger partial charge in [-0.2, -0.15) is 0 Å². The number of aliphatic hydroxyl groups is 1. The molecular formula is C18H23Cl2N3O2. The molecule has 5 nitrogen and oxygen atoms in total. The number of nitrogens with one attached hydrogen (secondary N) is 1. The van der Waals surface area contributed by atoms with Crippen molar-refractivity contribution >= 4 is 47.8 Å². The van der Waals surface area contributed by atoms with Gasteiger partial charge in [0.25, 0.3) is 5.91 Å². The van der Waals surface area contributed by atoms with Gasteiger partial charge in [-0.1, -0.05) is 18.2 Å². The minimum absolute atomic E-state index is 0. The summed E-state index contributed by atoms with van der Waals surface area (Å²) in [4.78, 5) is 14.6. The number of aliphatic hydroxyl groups excluding tert-OH is 1. The molecular weight excluding hydrogens is 361 g/mol. The molecule has 1 heterocycles. The lowest BCUT2D eigenvalue weighted by Gasteiger charge is -2.32. The van der Waals surface area contributed by atoms with E-state index in [1.54, 1.807) is 24.3 Å². The van der Waals surface area contributed by atoms with Gasteiger partial charge in [-0.05, 0) is 43.2 Å². The van der Waals surface area contributed by atoms with Crippen molar-refractivity contribution in [3.8, 4) is 0 Å². The average molecular weight is 384 g/mol. The van der Waals surface area contributed by atoms with E-state index in [-0.39, 0.29) is 36.8 Å². The number of amides is 1. The van der Waals surface area contributed by atoms with Gasteiger partial charge < -0.3 is 21.1 Å². The molecule has 0 aliphatic carbocycles. The first-order valence-electron chi connectivity index (χ1n) is 7.82. The summed E-state index contributed by atoms with van der Waals surface area (Å²) >= 11 is 0. The molecule has 0 aromatic heterocycles. The molecule has 4 N–H and O–H groups in total. The number of halogens is 2. The van der Waals surface area contributed by atoms with Crippen molar-refractivity contribution in [1.29, 1.82) is 0 Å². The number of nitrogens with zero attached hydrogens (tertiary/aromatic N) is 1. The lowest BCUT2D eigenvalue weighted by Crippen LogP contribution is -2.36. The van der Waals surface area contributed by atoms with Crippen molar-refractivity contribution in [2.45, 2.75) is 18.9 Å². The van der Waals surface area contributed by atoms with Crippen LogP contribution >= 0.6 is 24.8 Å². The molecule has 3 rings (SSSR count). The van der Waals surface area contributed by atoms with Crippen molar-refractivity contribution in [1.82, 2.24) is 0 Å². The fourth-order valence-electron chi connectivity index (χ4n) is 2.84. The largest absolute Gasteiger partial charge is 0.399 e. The van der Waals surface area contributed by atoms with E-state index in [4.69, 9.17) is 5.73 Å². The third-order valence-electron chi connectivity index (χ3n) is 4.11. The van der Waals surface area contributed by atoms with Gasteiger partial charge in [0.05, 0.1) is 17.5 Å². The highest BCUT2D eigenvalue weighted by Crippen LogP contribution is 2.28. The fourth-order valence-corrected chi connectivity index (χ4v) is 2.84. The molecule has 0 spiro atoms. The lowest BCUT2D eigenvalue weighted by atomic mass is 10.1. The first-order valence-corrected chi connectivity index (χ1v) is 7.82. The second-order valence-electron chi connectivity index (χ2n) is 5.81. The van der Waals surface area contributed by atoms with Crippen LogP contribution in [-0.2, 0) is 0 Å². The first-order chi connectivity index (χ1) is 11.1. The minimum atomic E-state index is -0.222. The number of carbonyl (C=O) groups excluding carboxylic acids is 1. The van der Waals surface area contributed by atoms with E-state index < -0.39 is 0 Å². The summed E-state index contributed by atoms with van der Waals surface area (Å²) in [6.07, 6.45) is 1.27. The first kappa shape index (κ1) is 21.1. The molecule has 0 saturated carbocycles. The Labute approximate surface area is 160 Å². The SMILES string of the molecule is Cl.Cl.Nc1cccc(C(=O)Nc2ccccc2N2CCC(O)CC2)c1. The molecule has 136 valence electrons. The molecule has 1 aliphatic heterocycles. The van der Waals surface area contributed by atoms with Crippen LogP contribution in [0.25, 0.3) is 0 Å². The Morgan fingerprint density at radius 2 is 1.76 bits per heavy atom. The predicted octanol–water partition coefficient (Wildman–Crippen LogP) is 3.33. The second-order valence-corrected chi connectivity index (χ2v) is 5.81. The molecule has 7 heteroatoms. The number of anilines is 3. The number of hydrogen-bond acceptors (Lipinski definition) is 4. The normalized spacial score (nSPS) is 14.2. The fraction of sp³-hybridized carbons (Fsp3) is 0.278. The number of hydrogen-bond donors (Lipinski definition) is 3. The summed E-state index contributed by atoms with van der Waals surface area (Å²) in [5, 5.41) is 12.6. The molecule has 0 bridgehead atoms. The van der Waals surface area contributed by atoms with Gasteiger partial charge in [0.2, 0.25) is 0 Å². The summed E-state index contributed by atoms with van der Waals surface area (Å²) in [6.45, 7) is 1.57. The van der Waals surface area contributed by atoms with Gasteiger partial charge in [0.15, 0.2) is 0 Å². The highest BCUT2D eigenvalue weighted by molar-refractivity contribution is 6.06. The summed E-state index contributed by atoms with van der Waals surface area (Å²) in [7, 11) is 0. The Bertz CT molecular complexity index is 704. The molecule has 1 amide bonds. The number of nitrogens with two attached hydrogens (primary N) is 1. The van der Waals surface area contributed by atoms with Crippen LogP contribution in [0, 0.1) is 0 Å². The average Bonchev–Trinajstić information content (AvgIpc) is 2.56. The van der Waals surface area contributed by atoms with Gasteiger partial charge in [-0.15, -0.1) is 24.8 Å². The zero-order chi connectivity index (χ0) is 16.2. The molecule has 0 radical (unpaired) electrons. The molecule has 1 fully saturated rings. The number of piperidine rings is 1. The highest BCUT2D eigenvalue weighted by atomic mass is 35.5. The molecule has 0 unspecified atom stereocenters. The van der Waals surface area contributed by atoms with E-state index in [1.807, 2.05) is 24.3 Å². The zero-order valence-corrected chi connectivity index (χ0v) is 15.4. The van der Waals surface area contributed by atoms with Crippen molar-refractivity contribution in [2.75, 3.05) is 29.0 Å². The van der Waals surface area contributed by atoms with Crippen molar-refractivity contribution in [3.63, 3.8) is 0 Å². The van der Waals surface area contributed by atoms with Crippen LogP contribution in [0.3, 0.4) is 0 Å². The maximum Gasteiger partial charge on any atom is 0.255 e. The van der Waals surface area contributed by atoms with E-state index in [2.05, 4.69) is 10.2 Å². The second kappa shape index (κ2) is 9.51. The van der Waals surface area contributed by atoms with E-state index in [0.717, 1.165) is 37.3 Å². The topological polar surface area (TPSA) is 78.6 Å². The summed E-state index contributed by atoms with van der Waals surface area (Å²) in [6, 6.07) is 14.7. The summed E-state index contributed by atoms with van der Waals surface area (Å²) in [5.41, 5.74) is 8.60. The Hall–Kier alpha value is -1.95. The third-order valence-corrected chi connectivity index (χ3v) is 4.11. The van der Waals surface area contributed by atoms with Crippen molar-refractivity contribution in [3.05, 3.63) is 54.1 Å². The zero-order valence-electron chi connectivity index (χ0n) is 13.7. The molecule has 2 aromatic rings. The number of para-hydroxylation sites is 2. The summed E-state index contributed by atoms with van der Waals surface area (Å²) in [5.74, 6) is -0.179. The predicted molar refractivity (Wildman–Crippen MR) is 107 cm³/mol. The van der Waals surface area contributed by atoms with Gasteiger partial charge in [0.1, 0.15) is 0 Å². The Balaban J connectivity index is 0.00000156. The van der Waals surface area contributed by atoms with Crippen LogP contribution in [0.1, 0.15) is 23.2 Å². The summed E-state index contributed by atoms with van der Waals surface area (Å²) < 4.78 is 0. The molecule has 25 heavy (non-hydrogen) atoms. The number of carbonyl (C=O) groups is 1. The van der Waals surface area contributed by atoms with Crippen molar-refractivity contribution in [2.24, 2.45) is 0 Å². The van der Waals surface area contributed by atoms with Crippen LogP contribution in [0.2, 0.25) is 0 Å². The van der Waals surface area contributed by atoms with Crippen LogP contribution < -0.4 is 16.0 Å². The molecule has 1 aliphatic rings. The molecule has 1 saturated heterocycles. The molecule has 2 aromatic carbocycles. The number of rotatable bonds is 3. The maximum absolute atomic E-state index is 12.4. The number of benzene rings is 2. The van der Waals surface area contributed by atoms with E-state index in [0.29, 0.717) is 11.3 Å². The van der Waals surface area contributed by atoms with E-state index in [9.17, 15) is 9.90 Å². The highest BCUT2D eigenvalue weighted by Gasteiger charge is 2.20. The van der Waals surface area contributed by atoms with Crippen LogP contribution in [0.5, 0.6) is 0 Å². The number of nitrogen functional groups attached to an aromatic ring is 1. The lowest BCUT2D eigenvalue weighted by molar-refractivity contribution is 0.102. The van der Waals surface area contributed by atoms with E-state index in [1.165, 1.54) is 0 Å². The van der Waals surface area contributed by atoms with Gasteiger partial charge >= 0.3 is 0 Å². The quantitative estimate of drug-likeness (QED) is 0.710.